The van der Waals surface area contributed by atoms with Crippen molar-refractivity contribution in [1.82, 2.24) is 29.7 Å². The second-order valence-corrected chi connectivity index (χ2v) is 15.5. The van der Waals surface area contributed by atoms with Gasteiger partial charge in [0.05, 0.1) is 30.1 Å². The van der Waals surface area contributed by atoms with Gasteiger partial charge in [-0.3, -0.25) is 4.79 Å². The van der Waals surface area contributed by atoms with Crippen LogP contribution in [0, 0.1) is 11.2 Å². The second kappa shape index (κ2) is 13.8. The molecule has 0 bridgehead atoms. The molecule has 3 aliphatic heterocycles. The summed E-state index contributed by atoms with van der Waals surface area (Å²) in [6.07, 6.45) is 3.70. The van der Waals surface area contributed by atoms with Crippen LogP contribution in [0.2, 0.25) is 0 Å². The Morgan fingerprint density at radius 3 is 2.55 bits per heavy atom. The van der Waals surface area contributed by atoms with Gasteiger partial charge in [0.2, 0.25) is 10.0 Å². The minimum Gasteiger partial charge on any atom is -0.434 e. The average molecular weight is 682 g/mol. The molecule has 1 aromatic carbocycles. The number of ether oxygens (including phenoxy) is 2. The standard InChI is InChI=1S/C31H42F3N7O5S/c1-20(2)41(15-27(33)34)30(42)25-13-21(32)3-8-26(25)46-29-28(35-19-36-37-29)40-17-31(18-40)9-11-39(12-10-31)14-23-5-4-22(16-45-23)38-47(43,44)24-6-7-24/h3,8,13,19-20,22-24,27,38H,4-7,9-12,14-18H2,1-2H3/t22-,23+/m1/s1. The van der Waals surface area contributed by atoms with E-state index >= 15 is 0 Å². The molecule has 1 aromatic heterocycles. The average Bonchev–Trinajstić information content (AvgIpc) is 3.88. The molecule has 1 N–H and O–H groups in total. The number of alkyl halides is 2. The van der Waals surface area contributed by atoms with Gasteiger partial charge in [-0.15, -0.1) is 10.2 Å². The zero-order chi connectivity index (χ0) is 33.3. The van der Waals surface area contributed by atoms with Crippen LogP contribution in [0.15, 0.2) is 24.5 Å². The molecule has 4 aliphatic rings. The first-order valence-corrected chi connectivity index (χ1v) is 17.8. The third-order valence-electron chi connectivity index (χ3n) is 9.56. The monoisotopic (exact) mass is 681 g/mol. The van der Waals surface area contributed by atoms with Crippen molar-refractivity contribution in [2.24, 2.45) is 5.41 Å². The van der Waals surface area contributed by atoms with E-state index in [-0.39, 0.29) is 40.0 Å². The number of amides is 1. The fraction of sp³-hybridized carbons (Fsp3) is 0.677. The van der Waals surface area contributed by atoms with Gasteiger partial charge < -0.3 is 24.2 Å². The number of carbonyl (C=O) groups is 1. The molecule has 2 atom stereocenters. The van der Waals surface area contributed by atoms with Crippen molar-refractivity contribution in [2.75, 3.05) is 50.8 Å². The number of sulfonamides is 1. The fourth-order valence-electron chi connectivity index (χ4n) is 6.71. The summed E-state index contributed by atoms with van der Waals surface area (Å²) in [7, 11) is -3.22. The molecule has 1 spiro atoms. The maximum Gasteiger partial charge on any atom is 0.282 e. The van der Waals surface area contributed by atoms with Crippen LogP contribution in [0.1, 0.15) is 62.7 Å². The maximum atomic E-state index is 14.2. The van der Waals surface area contributed by atoms with Crippen LogP contribution in [-0.2, 0) is 14.8 Å². The van der Waals surface area contributed by atoms with Crippen LogP contribution in [0.3, 0.4) is 0 Å². The van der Waals surface area contributed by atoms with Gasteiger partial charge in [0.15, 0.2) is 5.82 Å². The van der Waals surface area contributed by atoms with Crippen molar-refractivity contribution in [3.05, 3.63) is 35.9 Å². The summed E-state index contributed by atoms with van der Waals surface area (Å²) in [5.74, 6) is -1.03. The molecule has 1 aliphatic carbocycles. The van der Waals surface area contributed by atoms with Gasteiger partial charge in [0, 0.05) is 37.1 Å². The first kappa shape index (κ1) is 33.8. The number of likely N-dealkylation sites (tertiary alicyclic amines) is 1. The van der Waals surface area contributed by atoms with Crippen molar-refractivity contribution in [3.63, 3.8) is 0 Å². The molecule has 4 fully saturated rings. The minimum atomic E-state index is -3.22. The highest BCUT2D eigenvalue weighted by Crippen LogP contribution is 2.44. The summed E-state index contributed by atoms with van der Waals surface area (Å²) < 4.78 is 80.1. The Balaban J connectivity index is 1.03. The number of nitrogens with one attached hydrogen (secondary N) is 1. The Morgan fingerprint density at radius 2 is 1.91 bits per heavy atom. The van der Waals surface area contributed by atoms with Crippen molar-refractivity contribution >= 4 is 21.7 Å². The van der Waals surface area contributed by atoms with Crippen LogP contribution < -0.4 is 14.4 Å². The summed E-state index contributed by atoms with van der Waals surface area (Å²) in [4.78, 5) is 23.1. The highest BCUT2D eigenvalue weighted by molar-refractivity contribution is 7.90. The second-order valence-electron chi connectivity index (χ2n) is 13.5. The highest BCUT2D eigenvalue weighted by atomic mass is 32.2. The smallest absolute Gasteiger partial charge is 0.282 e. The van der Waals surface area contributed by atoms with E-state index in [0.29, 0.717) is 12.4 Å². The van der Waals surface area contributed by atoms with Gasteiger partial charge in [0.25, 0.3) is 18.2 Å². The Morgan fingerprint density at radius 1 is 1.17 bits per heavy atom. The fourth-order valence-corrected chi connectivity index (χ4v) is 8.31. The zero-order valence-electron chi connectivity index (χ0n) is 26.7. The van der Waals surface area contributed by atoms with Gasteiger partial charge in [-0.2, -0.15) is 0 Å². The molecule has 6 rings (SSSR count). The van der Waals surface area contributed by atoms with E-state index in [1.807, 2.05) is 4.90 Å². The number of anilines is 1. The Hall–Kier alpha value is -3.08. The topological polar surface area (TPSA) is 130 Å². The molecule has 1 amide bonds. The van der Waals surface area contributed by atoms with Crippen LogP contribution in [0.25, 0.3) is 0 Å². The lowest BCUT2D eigenvalue weighted by Crippen LogP contribution is -2.61. The third kappa shape index (κ3) is 7.98. The molecule has 4 heterocycles. The van der Waals surface area contributed by atoms with Crippen molar-refractivity contribution in [1.29, 1.82) is 0 Å². The van der Waals surface area contributed by atoms with Gasteiger partial charge in [-0.05, 0) is 83.7 Å². The molecule has 16 heteroatoms. The predicted octanol–water partition coefficient (Wildman–Crippen LogP) is 3.45. The van der Waals surface area contributed by atoms with E-state index in [2.05, 4.69) is 24.8 Å². The summed E-state index contributed by atoms with van der Waals surface area (Å²) in [6, 6.07) is 2.68. The lowest BCUT2D eigenvalue weighted by molar-refractivity contribution is -0.0299. The number of hydrogen-bond acceptors (Lipinski definition) is 10. The predicted molar refractivity (Wildman–Crippen MR) is 167 cm³/mol. The molecule has 0 radical (unpaired) electrons. The molecule has 3 saturated heterocycles. The summed E-state index contributed by atoms with van der Waals surface area (Å²) in [5, 5.41) is 7.72. The summed E-state index contributed by atoms with van der Waals surface area (Å²) >= 11 is 0. The molecular weight excluding hydrogens is 639 g/mol. The van der Waals surface area contributed by atoms with Gasteiger partial charge in [-0.1, -0.05) is 0 Å². The van der Waals surface area contributed by atoms with Gasteiger partial charge >= 0.3 is 0 Å². The Kier molecular flexibility index (Phi) is 9.93. The Bertz CT molecular complexity index is 1520. The van der Waals surface area contributed by atoms with Crippen LogP contribution in [0.5, 0.6) is 11.6 Å². The van der Waals surface area contributed by atoms with Gasteiger partial charge in [0.1, 0.15) is 17.9 Å². The van der Waals surface area contributed by atoms with E-state index in [9.17, 15) is 26.4 Å². The molecule has 1 saturated carbocycles. The number of hydrogen-bond donors (Lipinski definition) is 1. The van der Waals surface area contributed by atoms with E-state index in [1.165, 1.54) is 12.4 Å². The molecule has 0 unspecified atom stereocenters. The number of piperidine rings is 1. The number of carbonyl (C=O) groups excluding carboxylic acids is 1. The highest BCUT2D eigenvalue weighted by Gasteiger charge is 2.47. The van der Waals surface area contributed by atoms with Crippen LogP contribution in [0.4, 0.5) is 19.0 Å². The third-order valence-corrected chi connectivity index (χ3v) is 11.6. The number of aromatic nitrogens is 3. The normalized spacial score (nSPS) is 23.3. The van der Waals surface area contributed by atoms with Crippen molar-refractivity contribution in [3.8, 4) is 11.6 Å². The maximum absolute atomic E-state index is 14.2. The lowest BCUT2D eigenvalue weighted by Gasteiger charge is -2.54. The quantitative estimate of drug-likeness (QED) is 0.356. The van der Waals surface area contributed by atoms with Gasteiger partial charge in [-0.25, -0.2) is 31.3 Å². The van der Waals surface area contributed by atoms with Crippen LogP contribution >= 0.6 is 0 Å². The van der Waals surface area contributed by atoms with E-state index in [1.54, 1.807) is 13.8 Å². The first-order valence-electron chi connectivity index (χ1n) is 16.3. The minimum absolute atomic E-state index is 0.0278. The summed E-state index contributed by atoms with van der Waals surface area (Å²) in [5.41, 5.74) is -0.0945. The largest absolute Gasteiger partial charge is 0.434 e. The number of halogens is 3. The number of nitrogens with zero attached hydrogens (tertiary/aromatic N) is 6. The lowest BCUT2D eigenvalue weighted by atomic mass is 9.72. The molecule has 47 heavy (non-hydrogen) atoms. The molecular formula is C31H42F3N7O5S. The van der Waals surface area contributed by atoms with E-state index < -0.39 is 40.8 Å². The number of benzene rings is 1. The van der Waals surface area contributed by atoms with E-state index in [0.717, 1.165) is 88.3 Å². The molecule has 2 aromatic rings. The Labute approximate surface area is 273 Å². The SMILES string of the molecule is CC(C)N(CC(F)F)C(=O)c1cc(F)ccc1Oc1nncnc1N1CC2(CCN(C[C@@H]3CC[C@@H](NS(=O)(=O)C4CC4)CO3)CC2)C1. The van der Waals surface area contributed by atoms with Crippen molar-refractivity contribution in [2.45, 2.75) is 82.2 Å². The number of rotatable bonds is 12. The molecule has 12 nitrogen and oxygen atoms in total. The van der Waals surface area contributed by atoms with Crippen LogP contribution in [-0.4, -0.2) is 115 Å². The van der Waals surface area contributed by atoms with Crippen molar-refractivity contribution < 1.29 is 35.9 Å². The first-order chi connectivity index (χ1) is 22.4. The zero-order valence-corrected chi connectivity index (χ0v) is 27.5. The van der Waals surface area contributed by atoms with E-state index in [4.69, 9.17) is 9.47 Å². The molecule has 258 valence electrons. The summed E-state index contributed by atoms with van der Waals surface area (Å²) in [6.45, 7) is 6.94.